The monoisotopic (exact) mass is 284 g/mol. The fraction of sp³-hybridized carbons (Fsp3) is 0.667. The van der Waals surface area contributed by atoms with E-state index in [2.05, 4.69) is 34.2 Å². The summed E-state index contributed by atoms with van der Waals surface area (Å²) >= 11 is 1.46. The van der Waals surface area contributed by atoms with Gasteiger partial charge >= 0.3 is 5.97 Å². The van der Waals surface area contributed by atoms with E-state index in [1.807, 2.05) is 0 Å². The Hall–Kier alpha value is -1.18. The maximum Gasteiger partial charge on any atom is 0.309 e. The van der Waals surface area contributed by atoms with Crippen LogP contribution in [0.3, 0.4) is 0 Å². The number of likely N-dealkylation sites (N-methyl/N-ethyl adjacent to an activating group) is 2. The van der Waals surface area contributed by atoms with Crippen molar-refractivity contribution in [3.63, 3.8) is 0 Å². The van der Waals surface area contributed by atoms with Crippen molar-refractivity contribution in [3.8, 4) is 0 Å². The number of nitrogens with zero attached hydrogens (tertiary/aromatic N) is 3. The lowest BCUT2D eigenvalue weighted by atomic mass is 10.2. The Kier molecular flexibility index (Phi) is 4.73. The minimum absolute atomic E-state index is 0.00967. The van der Waals surface area contributed by atoms with Crippen molar-refractivity contribution in [2.24, 2.45) is 0 Å². The molecule has 0 spiro atoms. The quantitative estimate of drug-likeness (QED) is 0.817. The molecule has 2 rings (SSSR count). The van der Waals surface area contributed by atoms with Gasteiger partial charge in [-0.05, 0) is 14.1 Å². The number of thiazole rings is 1. The number of nitrogens with one attached hydrogen (secondary N) is 1. The van der Waals surface area contributed by atoms with Crippen molar-refractivity contribution < 1.29 is 9.90 Å². The van der Waals surface area contributed by atoms with Crippen LogP contribution in [0.25, 0.3) is 0 Å². The highest BCUT2D eigenvalue weighted by atomic mass is 32.1. The molecule has 6 nitrogen and oxygen atoms in total. The van der Waals surface area contributed by atoms with Crippen LogP contribution < -0.4 is 5.32 Å². The highest BCUT2D eigenvalue weighted by Gasteiger charge is 2.22. The average Bonchev–Trinajstić information content (AvgIpc) is 2.77. The van der Waals surface area contributed by atoms with Crippen LogP contribution >= 0.6 is 11.3 Å². The number of aromatic nitrogens is 1. The molecule has 0 radical (unpaired) electrons. The highest BCUT2D eigenvalue weighted by Crippen LogP contribution is 2.16. The molecule has 1 aromatic rings. The summed E-state index contributed by atoms with van der Waals surface area (Å²) in [5.41, 5.74) is 0.620. The molecule has 1 atom stereocenters. The van der Waals surface area contributed by atoms with Crippen LogP contribution in [0.4, 0.5) is 5.13 Å². The summed E-state index contributed by atoms with van der Waals surface area (Å²) < 4.78 is 0. The second-order valence-electron chi connectivity index (χ2n) is 4.99. The van der Waals surface area contributed by atoms with Gasteiger partial charge in [0, 0.05) is 37.6 Å². The Bertz CT molecular complexity index is 437. The Labute approximate surface area is 117 Å². The van der Waals surface area contributed by atoms with E-state index in [0.717, 1.165) is 31.3 Å². The van der Waals surface area contributed by atoms with Gasteiger partial charge in [-0.15, -0.1) is 11.3 Å². The van der Waals surface area contributed by atoms with Crippen LogP contribution in [0.15, 0.2) is 5.38 Å². The topological polar surface area (TPSA) is 68.7 Å². The number of piperazine rings is 1. The molecule has 1 saturated heterocycles. The number of aliphatic carboxylic acids is 1. The first-order valence-electron chi connectivity index (χ1n) is 6.33. The zero-order valence-electron chi connectivity index (χ0n) is 11.3. The molecule has 1 aliphatic rings. The van der Waals surface area contributed by atoms with Crippen molar-refractivity contribution >= 4 is 22.4 Å². The van der Waals surface area contributed by atoms with Crippen LogP contribution in [0, 0.1) is 0 Å². The summed E-state index contributed by atoms with van der Waals surface area (Å²) in [6, 6.07) is 0.463. The average molecular weight is 284 g/mol. The van der Waals surface area contributed by atoms with Gasteiger partial charge < -0.3 is 15.3 Å². The van der Waals surface area contributed by atoms with Crippen LogP contribution in [0.5, 0.6) is 0 Å². The van der Waals surface area contributed by atoms with E-state index in [4.69, 9.17) is 5.11 Å². The molecule has 7 heteroatoms. The van der Waals surface area contributed by atoms with E-state index in [9.17, 15) is 4.79 Å². The van der Waals surface area contributed by atoms with Gasteiger partial charge in [-0.2, -0.15) is 0 Å². The van der Waals surface area contributed by atoms with Crippen molar-refractivity contribution in [1.29, 1.82) is 0 Å². The molecule has 0 amide bonds. The second-order valence-corrected chi connectivity index (χ2v) is 5.85. The SMILES string of the molecule is CN1CCN(C)C(CNc2nc(CC(=O)O)cs2)C1. The van der Waals surface area contributed by atoms with Gasteiger partial charge in [0.15, 0.2) is 5.13 Å². The third-order valence-corrected chi connectivity index (χ3v) is 4.20. The molecule has 0 aromatic carbocycles. The van der Waals surface area contributed by atoms with Crippen LogP contribution in [0.2, 0.25) is 0 Å². The largest absolute Gasteiger partial charge is 0.481 e. The van der Waals surface area contributed by atoms with Gasteiger partial charge in [0.25, 0.3) is 0 Å². The number of hydrogen-bond acceptors (Lipinski definition) is 6. The number of carbonyl (C=O) groups is 1. The normalized spacial score (nSPS) is 21.5. The molecule has 19 heavy (non-hydrogen) atoms. The molecule has 1 fully saturated rings. The van der Waals surface area contributed by atoms with Crippen molar-refractivity contribution in [2.75, 3.05) is 45.6 Å². The van der Waals surface area contributed by atoms with E-state index < -0.39 is 5.97 Å². The molecule has 1 aliphatic heterocycles. The standard InChI is InChI=1S/C12H20N4O2S/c1-15-3-4-16(2)10(7-15)6-13-12-14-9(8-19-12)5-11(17)18/h8,10H,3-7H2,1-2H3,(H,13,14)(H,17,18). The van der Waals surface area contributed by atoms with Gasteiger partial charge in [0.2, 0.25) is 0 Å². The van der Waals surface area contributed by atoms with E-state index in [1.165, 1.54) is 11.3 Å². The summed E-state index contributed by atoms with van der Waals surface area (Å²) in [7, 11) is 4.27. The third kappa shape index (κ3) is 4.15. The fourth-order valence-electron chi connectivity index (χ4n) is 2.15. The van der Waals surface area contributed by atoms with Crippen LogP contribution in [0.1, 0.15) is 5.69 Å². The minimum atomic E-state index is -0.842. The van der Waals surface area contributed by atoms with E-state index in [0.29, 0.717) is 11.7 Å². The predicted molar refractivity (Wildman–Crippen MR) is 75.9 cm³/mol. The van der Waals surface area contributed by atoms with Crippen LogP contribution in [-0.4, -0.2) is 72.2 Å². The first-order valence-corrected chi connectivity index (χ1v) is 7.21. The fourth-order valence-corrected chi connectivity index (χ4v) is 2.87. The van der Waals surface area contributed by atoms with E-state index >= 15 is 0 Å². The van der Waals surface area contributed by atoms with Gasteiger partial charge in [0.1, 0.15) is 0 Å². The summed E-state index contributed by atoms with van der Waals surface area (Å²) in [4.78, 5) is 19.5. The van der Waals surface area contributed by atoms with Crippen molar-refractivity contribution in [2.45, 2.75) is 12.5 Å². The molecule has 0 aliphatic carbocycles. The Morgan fingerprint density at radius 3 is 3.11 bits per heavy atom. The molecule has 106 valence electrons. The number of carboxylic acids is 1. The number of anilines is 1. The highest BCUT2D eigenvalue weighted by molar-refractivity contribution is 7.13. The van der Waals surface area contributed by atoms with Crippen molar-refractivity contribution in [3.05, 3.63) is 11.1 Å². The lowest BCUT2D eigenvalue weighted by molar-refractivity contribution is -0.136. The second kappa shape index (κ2) is 6.31. The molecular formula is C12H20N4O2S. The predicted octanol–water partition coefficient (Wildman–Crippen LogP) is 0.428. The molecule has 1 aromatic heterocycles. The maximum absolute atomic E-state index is 10.6. The Morgan fingerprint density at radius 1 is 1.58 bits per heavy atom. The zero-order chi connectivity index (χ0) is 13.8. The first-order chi connectivity index (χ1) is 9.04. The lowest BCUT2D eigenvalue weighted by Gasteiger charge is -2.37. The smallest absolute Gasteiger partial charge is 0.309 e. The van der Waals surface area contributed by atoms with Gasteiger partial charge in [0.05, 0.1) is 12.1 Å². The summed E-state index contributed by atoms with van der Waals surface area (Å²) in [5, 5.41) is 14.6. The Morgan fingerprint density at radius 2 is 2.37 bits per heavy atom. The van der Waals surface area contributed by atoms with E-state index in [1.54, 1.807) is 5.38 Å². The van der Waals surface area contributed by atoms with Crippen molar-refractivity contribution in [1.82, 2.24) is 14.8 Å². The molecule has 0 bridgehead atoms. The first kappa shape index (κ1) is 14.2. The molecule has 2 heterocycles. The summed E-state index contributed by atoms with van der Waals surface area (Å²) in [6.45, 7) is 4.05. The number of carboxylic acid groups (broad SMARTS) is 1. The Balaban J connectivity index is 1.84. The van der Waals surface area contributed by atoms with E-state index in [-0.39, 0.29) is 6.42 Å². The van der Waals surface area contributed by atoms with Crippen LogP contribution in [-0.2, 0) is 11.2 Å². The zero-order valence-corrected chi connectivity index (χ0v) is 12.1. The van der Waals surface area contributed by atoms with Gasteiger partial charge in [-0.1, -0.05) is 0 Å². The lowest BCUT2D eigenvalue weighted by Crippen LogP contribution is -2.52. The maximum atomic E-state index is 10.6. The number of hydrogen-bond donors (Lipinski definition) is 2. The third-order valence-electron chi connectivity index (χ3n) is 3.35. The number of rotatable bonds is 5. The molecule has 2 N–H and O–H groups in total. The molecular weight excluding hydrogens is 264 g/mol. The molecule has 1 unspecified atom stereocenters. The molecule has 0 saturated carbocycles. The van der Waals surface area contributed by atoms with Gasteiger partial charge in [-0.3, -0.25) is 9.69 Å². The minimum Gasteiger partial charge on any atom is -0.481 e. The summed E-state index contributed by atoms with van der Waals surface area (Å²) in [5.74, 6) is -0.842. The summed E-state index contributed by atoms with van der Waals surface area (Å²) in [6.07, 6.45) is -0.00967. The van der Waals surface area contributed by atoms with Gasteiger partial charge in [-0.25, -0.2) is 4.98 Å².